The minimum atomic E-state index is -1.27. The normalized spacial score (nSPS) is 18.9. The number of nitrogens with zero attached hydrogens (tertiary/aromatic N) is 8. The van der Waals surface area contributed by atoms with E-state index in [1.807, 2.05) is 6.07 Å². The average Bonchev–Trinajstić information content (AvgIpc) is 3.52. The van der Waals surface area contributed by atoms with Crippen LogP contribution in [0.25, 0.3) is 0 Å². The molecule has 3 N–H and O–H groups in total. The quantitative estimate of drug-likeness (QED) is 0.125. The Labute approximate surface area is 226 Å². The highest BCUT2D eigenvalue weighted by Crippen LogP contribution is 2.41. The number of thioether (sulfide) groups is 2. The van der Waals surface area contributed by atoms with E-state index in [2.05, 4.69) is 26.0 Å². The number of tetrazole rings is 1. The lowest BCUT2D eigenvalue weighted by atomic mass is 10.0. The highest BCUT2D eigenvalue weighted by molar-refractivity contribution is 8.01. The van der Waals surface area contributed by atoms with Gasteiger partial charge in [-0.2, -0.15) is 9.99 Å². The molecule has 38 heavy (non-hydrogen) atoms. The number of aromatic nitrogens is 5. The number of aliphatic carboxylic acids is 1. The number of thiazole rings is 1. The molecule has 200 valence electrons. The number of hydrogen-bond donors (Lipinski definition) is 3. The second-order valence-corrected chi connectivity index (χ2v) is 10.4. The molecular weight excluding hydrogens is 560 g/mol. The largest absolute Gasteiger partial charge is 0.477 e. The lowest BCUT2D eigenvalue weighted by molar-refractivity contribution is -0.150. The molecule has 2 amide bonds. The highest BCUT2D eigenvalue weighted by atomic mass is 32.2. The van der Waals surface area contributed by atoms with Gasteiger partial charge in [0.1, 0.15) is 37.0 Å². The fourth-order valence-electron chi connectivity index (χ4n) is 3.70. The molecule has 0 radical (unpaired) electrons. The number of rotatable bonds is 11. The average molecular weight is 581 g/mol. The molecule has 0 bridgehead atoms. The van der Waals surface area contributed by atoms with Gasteiger partial charge in [0.15, 0.2) is 5.71 Å². The fraction of sp³-hybridized carbons (Fsp3) is 0.421. The Bertz CT molecular complexity index is 1420. The highest BCUT2D eigenvalue weighted by Gasteiger charge is 2.54. The third-order valence-corrected chi connectivity index (χ3v) is 8.47. The summed E-state index contributed by atoms with van der Waals surface area (Å²) in [6.07, 6.45) is 0.216. The standard InChI is InChI=1S/C19H20N10O6S3/c1-34-24-11(10-8-37-18(21)29(10)35-2)14(30)22-12-15(31)28-13(17(32)33)9(6-36-16(12)28)7-38-19-23-25-26-27(19)5-3-4-20/h8,12,16,21H,3,5-7H2,1-2H3,(H,22,30)(H,32,33)/t12-,16+/m1/s1. The summed E-state index contributed by atoms with van der Waals surface area (Å²) in [4.78, 5) is 49.3. The predicted octanol–water partition coefficient (Wildman–Crippen LogP) is -1.13. The van der Waals surface area contributed by atoms with E-state index in [0.29, 0.717) is 23.0 Å². The fourth-order valence-corrected chi connectivity index (χ4v) is 6.79. The second-order valence-electron chi connectivity index (χ2n) is 7.53. The van der Waals surface area contributed by atoms with Crippen LogP contribution in [0.4, 0.5) is 0 Å². The minimum absolute atomic E-state index is 0.00793. The van der Waals surface area contributed by atoms with Crippen LogP contribution in [0.3, 0.4) is 0 Å². The van der Waals surface area contributed by atoms with Crippen LogP contribution in [0.1, 0.15) is 12.1 Å². The summed E-state index contributed by atoms with van der Waals surface area (Å²) >= 11 is 3.51. The molecule has 2 aromatic rings. The maximum absolute atomic E-state index is 13.1. The van der Waals surface area contributed by atoms with Crippen LogP contribution < -0.4 is 15.0 Å². The van der Waals surface area contributed by atoms with Crippen molar-refractivity contribution >= 4 is 58.4 Å². The molecule has 1 saturated heterocycles. The molecule has 4 rings (SSSR count). The van der Waals surface area contributed by atoms with E-state index < -0.39 is 29.2 Å². The number of nitrogens with one attached hydrogen (secondary N) is 2. The maximum atomic E-state index is 13.1. The van der Waals surface area contributed by atoms with Crippen molar-refractivity contribution in [2.45, 2.75) is 29.5 Å². The van der Waals surface area contributed by atoms with E-state index in [9.17, 15) is 19.5 Å². The van der Waals surface area contributed by atoms with Gasteiger partial charge in [-0.3, -0.25) is 19.9 Å². The Balaban J connectivity index is 1.49. The van der Waals surface area contributed by atoms with Crippen molar-refractivity contribution in [3.8, 4) is 6.07 Å². The van der Waals surface area contributed by atoms with Gasteiger partial charge < -0.3 is 20.1 Å². The van der Waals surface area contributed by atoms with Crippen molar-refractivity contribution in [3.63, 3.8) is 0 Å². The zero-order chi connectivity index (χ0) is 27.4. The van der Waals surface area contributed by atoms with Crippen molar-refractivity contribution < 1.29 is 29.2 Å². The van der Waals surface area contributed by atoms with Gasteiger partial charge in [0.25, 0.3) is 11.8 Å². The number of β-lactam (4-membered cyclic amide) rings is 1. The van der Waals surface area contributed by atoms with Crippen molar-refractivity contribution in [2.24, 2.45) is 5.16 Å². The summed E-state index contributed by atoms with van der Waals surface area (Å²) in [6, 6.07) is 1.01. The van der Waals surface area contributed by atoms with Crippen LogP contribution in [0.2, 0.25) is 0 Å². The van der Waals surface area contributed by atoms with Crippen LogP contribution in [-0.2, 0) is 25.8 Å². The summed E-state index contributed by atoms with van der Waals surface area (Å²) in [5.41, 5.74) is 0.300. The van der Waals surface area contributed by atoms with E-state index in [1.54, 1.807) is 0 Å². The lowest BCUT2D eigenvalue weighted by Gasteiger charge is -2.49. The van der Waals surface area contributed by atoms with Gasteiger partial charge in [0.05, 0.1) is 19.0 Å². The summed E-state index contributed by atoms with van der Waals surface area (Å²) in [5.74, 6) is -2.09. The number of carbonyl (C=O) groups excluding carboxylic acids is 2. The number of hydrogen-bond acceptors (Lipinski definition) is 14. The number of carbonyl (C=O) groups is 3. The smallest absolute Gasteiger partial charge is 0.352 e. The third kappa shape index (κ3) is 5.09. The van der Waals surface area contributed by atoms with Gasteiger partial charge in [0, 0.05) is 16.9 Å². The molecule has 0 saturated carbocycles. The number of carboxylic acid groups (broad SMARTS) is 1. The topological polar surface area (TPSA) is 214 Å². The molecule has 16 nitrogen and oxygen atoms in total. The molecule has 4 heterocycles. The first-order valence-electron chi connectivity index (χ1n) is 10.7. The number of nitriles is 1. The molecule has 2 aromatic heterocycles. The Morgan fingerprint density at radius 2 is 2.24 bits per heavy atom. The van der Waals surface area contributed by atoms with E-state index in [0.717, 1.165) is 21.0 Å². The van der Waals surface area contributed by atoms with E-state index in [4.69, 9.17) is 20.3 Å². The molecule has 2 atom stereocenters. The van der Waals surface area contributed by atoms with Crippen molar-refractivity contribution in [2.75, 3.05) is 25.7 Å². The number of aryl methyl sites for hydroxylation is 1. The van der Waals surface area contributed by atoms with E-state index in [-0.39, 0.29) is 34.1 Å². The molecular formula is C19H20N10O6S3. The third-order valence-electron chi connectivity index (χ3n) is 5.35. The molecule has 0 unspecified atom stereocenters. The number of carboxylic acids is 1. The second kappa shape index (κ2) is 11.7. The van der Waals surface area contributed by atoms with Crippen LogP contribution >= 0.6 is 34.9 Å². The van der Waals surface area contributed by atoms with E-state index >= 15 is 0 Å². The Kier molecular flexibility index (Phi) is 8.33. The zero-order valence-corrected chi connectivity index (χ0v) is 22.3. The monoisotopic (exact) mass is 580 g/mol. The molecule has 1 fully saturated rings. The molecule has 19 heteroatoms. The van der Waals surface area contributed by atoms with Crippen molar-refractivity contribution in [1.29, 1.82) is 10.7 Å². The van der Waals surface area contributed by atoms with Gasteiger partial charge in [-0.25, -0.2) is 9.48 Å². The summed E-state index contributed by atoms with van der Waals surface area (Å²) < 4.78 is 2.54. The molecule has 2 aliphatic rings. The van der Waals surface area contributed by atoms with Crippen LogP contribution in [-0.4, -0.2) is 95.6 Å². The Morgan fingerprint density at radius 1 is 1.45 bits per heavy atom. The van der Waals surface area contributed by atoms with Gasteiger partial charge in [-0.1, -0.05) is 16.9 Å². The molecule has 0 spiro atoms. The minimum Gasteiger partial charge on any atom is -0.477 e. The van der Waals surface area contributed by atoms with Gasteiger partial charge in [0.2, 0.25) is 9.96 Å². The molecule has 2 aliphatic heterocycles. The van der Waals surface area contributed by atoms with Crippen LogP contribution in [0.5, 0.6) is 0 Å². The van der Waals surface area contributed by atoms with Crippen LogP contribution in [0, 0.1) is 16.7 Å². The van der Waals surface area contributed by atoms with Crippen molar-refractivity contribution in [1.82, 2.24) is 35.2 Å². The first-order valence-corrected chi connectivity index (χ1v) is 13.6. The van der Waals surface area contributed by atoms with Gasteiger partial charge in [-0.05, 0) is 16.0 Å². The van der Waals surface area contributed by atoms with E-state index in [1.165, 1.54) is 47.8 Å². The first-order chi connectivity index (χ1) is 18.3. The SMILES string of the molecule is CON=C(C(=O)N[C@@H]1C(=O)N2C(C(=O)O)=C(CSc3nnnn3CCC#N)CS[C@@H]12)c1csc(=N)n1OC. The zero-order valence-electron chi connectivity index (χ0n) is 19.9. The van der Waals surface area contributed by atoms with Gasteiger partial charge >= 0.3 is 5.97 Å². The number of fused-ring (bicyclic) bond motifs is 1. The first kappa shape index (κ1) is 27.2. The lowest BCUT2D eigenvalue weighted by Crippen LogP contribution is -2.71. The summed E-state index contributed by atoms with van der Waals surface area (Å²) in [6.45, 7) is 0.298. The number of amides is 2. The Hall–Kier alpha value is -3.89. The van der Waals surface area contributed by atoms with Crippen molar-refractivity contribution in [3.05, 3.63) is 27.1 Å². The van der Waals surface area contributed by atoms with Gasteiger partial charge in [-0.15, -0.1) is 28.2 Å². The molecule has 0 aromatic carbocycles. The Morgan fingerprint density at radius 3 is 2.92 bits per heavy atom. The molecule has 0 aliphatic carbocycles. The predicted molar refractivity (Wildman–Crippen MR) is 133 cm³/mol. The summed E-state index contributed by atoms with van der Waals surface area (Å²) in [5, 5.41) is 45.5. The maximum Gasteiger partial charge on any atom is 0.352 e. The number of oxime groups is 1. The summed E-state index contributed by atoms with van der Waals surface area (Å²) in [7, 11) is 2.57. The van der Waals surface area contributed by atoms with Crippen LogP contribution in [0.15, 0.2) is 27.0 Å².